The van der Waals surface area contributed by atoms with Crippen molar-refractivity contribution in [1.29, 1.82) is 0 Å². The van der Waals surface area contributed by atoms with Gasteiger partial charge in [-0.1, -0.05) is 17.7 Å². The molecule has 0 aliphatic heterocycles. The number of nitrogens with zero attached hydrogens (tertiary/aromatic N) is 2. The van der Waals surface area contributed by atoms with Crippen LogP contribution in [0.2, 0.25) is 5.02 Å². The maximum absolute atomic E-state index is 12.0. The number of carbonyl (C=O) groups excluding carboxylic acids is 1. The number of amides is 1. The molecule has 0 aliphatic rings. The maximum Gasteiger partial charge on any atom is 0.262 e. The molecular weight excluding hydrogens is 366 g/mol. The largest absolute Gasteiger partial charge is 0.490 e. The Bertz CT molecular complexity index is 809. The molecule has 0 radical (unpaired) electrons. The molecule has 1 atom stereocenters. The summed E-state index contributed by atoms with van der Waals surface area (Å²) in [4.78, 5) is 13.5. The number of hydrogen-bond donors (Lipinski definition) is 1. The first-order valence-electron chi connectivity index (χ1n) is 8.60. The lowest BCUT2D eigenvalue weighted by Gasteiger charge is -2.20. The third-order valence-corrected chi connectivity index (χ3v) is 3.83. The fourth-order valence-corrected chi connectivity index (χ4v) is 2.50. The number of halogens is 1. The van der Waals surface area contributed by atoms with Gasteiger partial charge in [0.05, 0.1) is 18.5 Å². The summed E-state index contributed by atoms with van der Waals surface area (Å²) in [5.41, 5.74) is 4.54. The average Bonchev–Trinajstić information content (AvgIpc) is 2.63. The van der Waals surface area contributed by atoms with Gasteiger partial charge in [-0.15, -0.1) is 0 Å². The van der Waals surface area contributed by atoms with Crippen LogP contribution in [0, 0.1) is 0 Å². The zero-order valence-electron chi connectivity index (χ0n) is 15.9. The Hall–Kier alpha value is -2.73. The number of nitrogens with one attached hydrogen (secondary N) is 1. The molecule has 6 nitrogen and oxygen atoms in total. The van der Waals surface area contributed by atoms with E-state index in [9.17, 15) is 4.79 Å². The van der Waals surface area contributed by atoms with Crippen LogP contribution in [0.3, 0.4) is 0 Å². The van der Waals surface area contributed by atoms with Crippen molar-refractivity contribution in [2.75, 3.05) is 26.1 Å². The van der Waals surface area contributed by atoms with Crippen LogP contribution in [0.1, 0.15) is 19.4 Å². The van der Waals surface area contributed by atoms with Crippen molar-refractivity contribution in [3.05, 3.63) is 53.1 Å². The van der Waals surface area contributed by atoms with Gasteiger partial charge < -0.3 is 14.4 Å². The van der Waals surface area contributed by atoms with E-state index < -0.39 is 6.10 Å². The van der Waals surface area contributed by atoms with Gasteiger partial charge in [-0.2, -0.15) is 5.10 Å². The molecule has 27 heavy (non-hydrogen) atoms. The first kappa shape index (κ1) is 20.6. The fraction of sp³-hybridized carbons (Fsp3) is 0.300. The van der Waals surface area contributed by atoms with Crippen molar-refractivity contribution in [3.8, 4) is 11.5 Å². The molecule has 0 saturated heterocycles. The Labute approximate surface area is 164 Å². The Morgan fingerprint density at radius 3 is 2.70 bits per heavy atom. The average molecular weight is 390 g/mol. The van der Waals surface area contributed by atoms with Gasteiger partial charge >= 0.3 is 0 Å². The van der Waals surface area contributed by atoms with Crippen LogP contribution in [0.4, 0.5) is 5.69 Å². The van der Waals surface area contributed by atoms with Crippen molar-refractivity contribution in [2.45, 2.75) is 20.0 Å². The van der Waals surface area contributed by atoms with E-state index in [1.165, 1.54) is 4.90 Å². The summed E-state index contributed by atoms with van der Waals surface area (Å²) in [5.74, 6) is 0.955. The predicted molar refractivity (Wildman–Crippen MR) is 109 cm³/mol. The lowest BCUT2D eigenvalue weighted by Crippen LogP contribution is -2.35. The molecule has 7 heteroatoms. The lowest BCUT2D eigenvalue weighted by atomic mass is 10.2. The molecule has 0 heterocycles. The predicted octanol–water partition coefficient (Wildman–Crippen LogP) is 4.04. The number of anilines is 1. The van der Waals surface area contributed by atoms with E-state index in [1.807, 2.05) is 31.2 Å². The highest BCUT2D eigenvalue weighted by Gasteiger charge is 2.18. The van der Waals surface area contributed by atoms with Crippen LogP contribution in [0.15, 0.2) is 47.6 Å². The first-order chi connectivity index (χ1) is 12.9. The number of hydrazone groups is 1. The maximum atomic E-state index is 12.0. The summed E-state index contributed by atoms with van der Waals surface area (Å²) in [6, 6.07) is 12.7. The van der Waals surface area contributed by atoms with Crippen molar-refractivity contribution in [1.82, 2.24) is 4.90 Å². The van der Waals surface area contributed by atoms with Gasteiger partial charge in [0.1, 0.15) is 0 Å². The number of likely N-dealkylation sites (N-methyl/N-ethyl adjacent to an activating group) is 1. The zero-order valence-corrected chi connectivity index (χ0v) is 16.7. The fourth-order valence-electron chi connectivity index (χ4n) is 2.31. The van der Waals surface area contributed by atoms with Crippen molar-refractivity contribution < 1.29 is 14.3 Å². The molecule has 1 N–H and O–H groups in total. The summed E-state index contributed by atoms with van der Waals surface area (Å²) in [7, 11) is 3.39. The summed E-state index contributed by atoms with van der Waals surface area (Å²) in [5, 5.41) is 4.84. The summed E-state index contributed by atoms with van der Waals surface area (Å²) >= 11 is 5.95. The number of carbonyl (C=O) groups is 1. The highest BCUT2D eigenvalue weighted by atomic mass is 35.5. The second kappa shape index (κ2) is 9.83. The first-order valence-corrected chi connectivity index (χ1v) is 8.97. The van der Waals surface area contributed by atoms with E-state index in [0.717, 1.165) is 11.3 Å². The van der Waals surface area contributed by atoms with Gasteiger partial charge in [-0.25, -0.2) is 0 Å². The van der Waals surface area contributed by atoms with E-state index in [4.69, 9.17) is 21.1 Å². The molecule has 0 bridgehead atoms. The van der Waals surface area contributed by atoms with Gasteiger partial charge in [-0.3, -0.25) is 10.2 Å². The number of rotatable bonds is 8. The summed E-state index contributed by atoms with van der Waals surface area (Å²) in [6.45, 7) is 4.08. The highest BCUT2D eigenvalue weighted by molar-refractivity contribution is 6.30. The molecule has 2 aromatic rings. The van der Waals surface area contributed by atoms with Crippen LogP contribution in [0.25, 0.3) is 0 Å². The molecule has 0 saturated carbocycles. The molecule has 0 unspecified atom stereocenters. The molecule has 2 aromatic carbocycles. The van der Waals surface area contributed by atoms with Crippen molar-refractivity contribution in [3.63, 3.8) is 0 Å². The second-order valence-electron chi connectivity index (χ2n) is 6.01. The van der Waals surface area contributed by atoms with Gasteiger partial charge in [0.25, 0.3) is 5.91 Å². The van der Waals surface area contributed by atoms with E-state index >= 15 is 0 Å². The quantitative estimate of drug-likeness (QED) is 0.546. The topological polar surface area (TPSA) is 63.2 Å². The minimum Gasteiger partial charge on any atom is -0.490 e. The van der Waals surface area contributed by atoms with E-state index in [2.05, 4.69) is 10.5 Å². The van der Waals surface area contributed by atoms with Gasteiger partial charge in [0.2, 0.25) is 0 Å². The van der Waals surface area contributed by atoms with Crippen LogP contribution in [0.5, 0.6) is 11.5 Å². The molecule has 0 fully saturated rings. The minimum absolute atomic E-state index is 0.117. The zero-order chi connectivity index (χ0) is 19.8. The van der Waals surface area contributed by atoms with Crippen LogP contribution in [-0.2, 0) is 4.79 Å². The number of benzene rings is 2. The molecule has 144 valence electrons. The minimum atomic E-state index is -0.608. The van der Waals surface area contributed by atoms with Gasteiger partial charge in [-0.05, 0) is 55.8 Å². The summed E-state index contributed by atoms with van der Waals surface area (Å²) in [6.07, 6.45) is 1.06. The van der Waals surface area contributed by atoms with Crippen LogP contribution < -0.4 is 14.9 Å². The Morgan fingerprint density at radius 1 is 1.26 bits per heavy atom. The number of ether oxygens (including phenoxy) is 2. The number of hydrogen-bond acceptors (Lipinski definition) is 5. The van der Waals surface area contributed by atoms with Crippen molar-refractivity contribution in [2.24, 2.45) is 5.10 Å². The molecular formula is C20H24ClN3O3. The third kappa shape index (κ3) is 6.18. The normalized spacial score (nSPS) is 11.9. The second-order valence-corrected chi connectivity index (χ2v) is 6.45. The van der Waals surface area contributed by atoms with Crippen LogP contribution >= 0.6 is 11.6 Å². The molecule has 0 spiro atoms. The third-order valence-electron chi connectivity index (χ3n) is 3.59. The Morgan fingerprint density at radius 2 is 2.04 bits per heavy atom. The lowest BCUT2D eigenvalue weighted by molar-refractivity contribution is -0.135. The smallest absolute Gasteiger partial charge is 0.262 e. The van der Waals surface area contributed by atoms with E-state index in [0.29, 0.717) is 23.1 Å². The van der Waals surface area contributed by atoms with Gasteiger partial charge in [0, 0.05) is 19.1 Å². The van der Waals surface area contributed by atoms with Crippen molar-refractivity contribution >= 4 is 29.4 Å². The monoisotopic (exact) mass is 389 g/mol. The van der Waals surface area contributed by atoms with E-state index in [1.54, 1.807) is 45.4 Å². The van der Waals surface area contributed by atoms with Crippen LogP contribution in [-0.4, -0.2) is 43.8 Å². The Kier molecular flexibility index (Phi) is 7.49. The molecule has 0 aliphatic carbocycles. The highest BCUT2D eigenvalue weighted by Crippen LogP contribution is 2.29. The Balaban J connectivity index is 2.11. The summed E-state index contributed by atoms with van der Waals surface area (Å²) < 4.78 is 11.4. The SMILES string of the molecule is CCOc1cc(/C=N\Nc2cccc(Cl)c2)ccc1O[C@@H](C)C(=O)N(C)C. The molecule has 1 amide bonds. The molecule has 0 aromatic heterocycles. The standard InChI is InChI=1S/C20H24ClN3O3/c1-5-26-19-11-15(13-22-23-17-8-6-7-16(21)12-17)9-10-18(19)27-14(2)20(25)24(3)4/h6-14,23H,5H2,1-4H3/b22-13-/t14-/m0/s1. The van der Waals surface area contributed by atoms with Gasteiger partial charge in [0.15, 0.2) is 17.6 Å². The molecule has 2 rings (SSSR count). The van der Waals surface area contributed by atoms with E-state index in [-0.39, 0.29) is 5.91 Å².